The smallest absolute Gasteiger partial charge is 0.326 e. The summed E-state index contributed by atoms with van der Waals surface area (Å²) in [6, 6.07) is 1.05. The summed E-state index contributed by atoms with van der Waals surface area (Å²) in [6.45, 7) is 7.66. The average molecular weight is 309 g/mol. The molecule has 0 bridgehead atoms. The zero-order valence-electron chi connectivity index (χ0n) is 13.0. The van der Waals surface area contributed by atoms with Gasteiger partial charge in [-0.05, 0) is 42.2 Å². The van der Waals surface area contributed by atoms with Crippen molar-refractivity contribution in [2.24, 2.45) is 11.3 Å². The Morgan fingerprint density at radius 2 is 2.10 bits per heavy atom. The Labute approximate surface area is 129 Å². The quantitative estimate of drug-likeness (QED) is 0.901. The number of fused-ring (bicyclic) bond motifs is 1. The molecule has 1 unspecified atom stereocenters. The summed E-state index contributed by atoms with van der Waals surface area (Å²) in [7, 11) is 0. The highest BCUT2D eigenvalue weighted by Gasteiger charge is 2.33. The van der Waals surface area contributed by atoms with Gasteiger partial charge in [0.05, 0.1) is 4.88 Å². The van der Waals surface area contributed by atoms with Gasteiger partial charge in [0.25, 0.3) is 5.91 Å². The minimum atomic E-state index is -0.995. The van der Waals surface area contributed by atoms with Gasteiger partial charge in [0.2, 0.25) is 0 Å². The molecule has 0 fully saturated rings. The minimum absolute atomic E-state index is 0.274. The molecule has 21 heavy (non-hydrogen) atoms. The lowest BCUT2D eigenvalue weighted by atomic mass is 9.86. The van der Waals surface area contributed by atoms with Crippen LogP contribution in [0.15, 0.2) is 6.07 Å². The van der Waals surface area contributed by atoms with E-state index in [9.17, 15) is 14.7 Å². The van der Waals surface area contributed by atoms with E-state index >= 15 is 0 Å². The fourth-order valence-corrected chi connectivity index (χ4v) is 3.78. The topological polar surface area (TPSA) is 66.4 Å². The largest absolute Gasteiger partial charge is 0.480 e. The zero-order chi connectivity index (χ0) is 15.8. The fourth-order valence-electron chi connectivity index (χ4n) is 2.67. The highest BCUT2D eigenvalue weighted by atomic mass is 32.1. The lowest BCUT2D eigenvalue weighted by molar-refractivity contribution is -0.142. The van der Waals surface area contributed by atoms with E-state index in [0.29, 0.717) is 10.8 Å². The van der Waals surface area contributed by atoms with Crippen LogP contribution in [0.4, 0.5) is 0 Å². The Kier molecular flexibility index (Phi) is 4.42. The molecule has 1 aliphatic rings. The molecule has 0 aliphatic heterocycles. The Morgan fingerprint density at radius 3 is 2.67 bits per heavy atom. The number of amides is 1. The van der Waals surface area contributed by atoms with Crippen molar-refractivity contribution in [2.75, 3.05) is 0 Å². The van der Waals surface area contributed by atoms with Crippen LogP contribution in [-0.2, 0) is 17.6 Å². The number of rotatable bonds is 3. The van der Waals surface area contributed by atoms with Crippen LogP contribution in [0.3, 0.4) is 0 Å². The standard InChI is InChI=1S/C16H23NO3S/c1-9-5-6-11-10(7-9)8-12(21-11)14(18)17-13(15(19)20)16(2,3)4/h8-9,13H,5-7H2,1-4H3,(H,17,18)(H,19,20)/t9?,13-/m0/s1. The lowest BCUT2D eigenvalue weighted by Gasteiger charge is -2.27. The first-order valence-electron chi connectivity index (χ1n) is 7.33. The van der Waals surface area contributed by atoms with Gasteiger partial charge in [0, 0.05) is 4.88 Å². The summed E-state index contributed by atoms with van der Waals surface area (Å²) in [4.78, 5) is 25.6. The molecule has 2 N–H and O–H groups in total. The van der Waals surface area contributed by atoms with Crippen molar-refractivity contribution in [3.63, 3.8) is 0 Å². The molecule has 1 aromatic rings. The molecule has 0 spiro atoms. The number of nitrogens with one attached hydrogen (secondary N) is 1. The molecule has 0 saturated heterocycles. The number of hydrogen-bond donors (Lipinski definition) is 2. The van der Waals surface area contributed by atoms with Crippen LogP contribution < -0.4 is 5.32 Å². The molecule has 2 rings (SSSR count). The summed E-state index contributed by atoms with van der Waals surface area (Å²) in [5.74, 6) is -0.612. The van der Waals surface area contributed by atoms with Crippen molar-refractivity contribution in [1.29, 1.82) is 0 Å². The number of aliphatic carboxylic acids is 1. The number of hydrogen-bond acceptors (Lipinski definition) is 3. The molecule has 1 amide bonds. The molecule has 1 heterocycles. The molecule has 5 heteroatoms. The number of carbonyl (C=O) groups is 2. The van der Waals surface area contributed by atoms with Gasteiger partial charge >= 0.3 is 5.97 Å². The van der Waals surface area contributed by atoms with Crippen molar-refractivity contribution in [3.05, 3.63) is 21.4 Å². The van der Waals surface area contributed by atoms with E-state index in [0.717, 1.165) is 19.3 Å². The molecular formula is C16H23NO3S. The molecule has 0 saturated carbocycles. The van der Waals surface area contributed by atoms with Crippen molar-refractivity contribution in [1.82, 2.24) is 5.32 Å². The second-order valence-corrected chi connectivity index (χ2v) is 8.15. The van der Waals surface area contributed by atoms with Gasteiger partial charge in [0.15, 0.2) is 0 Å². The molecule has 4 nitrogen and oxygen atoms in total. The highest BCUT2D eigenvalue weighted by Crippen LogP contribution is 2.32. The molecule has 0 aromatic carbocycles. The van der Waals surface area contributed by atoms with Crippen molar-refractivity contribution in [3.8, 4) is 0 Å². The van der Waals surface area contributed by atoms with Gasteiger partial charge in [0.1, 0.15) is 6.04 Å². The van der Waals surface area contributed by atoms with Gasteiger partial charge in [-0.15, -0.1) is 11.3 Å². The highest BCUT2D eigenvalue weighted by molar-refractivity contribution is 7.14. The molecule has 116 valence electrons. The zero-order valence-corrected chi connectivity index (χ0v) is 13.8. The maximum absolute atomic E-state index is 12.3. The van der Waals surface area contributed by atoms with E-state index in [1.165, 1.54) is 21.8 Å². The monoisotopic (exact) mass is 309 g/mol. The molecule has 1 aromatic heterocycles. The van der Waals surface area contributed by atoms with Crippen LogP contribution in [0, 0.1) is 11.3 Å². The van der Waals surface area contributed by atoms with Crippen LogP contribution in [0.2, 0.25) is 0 Å². The van der Waals surface area contributed by atoms with E-state index in [1.807, 2.05) is 26.8 Å². The molecule has 0 radical (unpaired) electrons. The first-order valence-corrected chi connectivity index (χ1v) is 8.15. The van der Waals surface area contributed by atoms with Crippen molar-refractivity contribution in [2.45, 2.75) is 53.0 Å². The van der Waals surface area contributed by atoms with Gasteiger partial charge in [-0.1, -0.05) is 27.7 Å². The second-order valence-electron chi connectivity index (χ2n) is 7.02. The number of thiophene rings is 1. The van der Waals surface area contributed by atoms with Crippen LogP contribution in [0.25, 0.3) is 0 Å². The van der Waals surface area contributed by atoms with Crippen LogP contribution in [0.5, 0.6) is 0 Å². The molecular weight excluding hydrogens is 286 g/mol. The third-order valence-corrected chi connectivity index (χ3v) is 5.18. The molecule has 1 aliphatic carbocycles. The van der Waals surface area contributed by atoms with Crippen LogP contribution >= 0.6 is 11.3 Å². The third kappa shape index (κ3) is 3.64. The van der Waals surface area contributed by atoms with E-state index < -0.39 is 17.4 Å². The first kappa shape index (κ1) is 16.0. The van der Waals surface area contributed by atoms with Gasteiger partial charge in [-0.25, -0.2) is 4.79 Å². The van der Waals surface area contributed by atoms with E-state index in [-0.39, 0.29) is 5.91 Å². The van der Waals surface area contributed by atoms with Gasteiger partial charge in [-0.2, -0.15) is 0 Å². The van der Waals surface area contributed by atoms with Crippen LogP contribution in [-0.4, -0.2) is 23.0 Å². The predicted molar refractivity (Wildman–Crippen MR) is 83.9 cm³/mol. The van der Waals surface area contributed by atoms with Gasteiger partial charge < -0.3 is 10.4 Å². The number of carbonyl (C=O) groups excluding carboxylic acids is 1. The Balaban J connectivity index is 2.15. The summed E-state index contributed by atoms with van der Waals surface area (Å²) in [6.07, 6.45) is 3.20. The predicted octanol–water partition coefficient (Wildman–Crippen LogP) is 3.10. The normalized spacial score (nSPS) is 19.7. The maximum Gasteiger partial charge on any atom is 0.326 e. The molecule has 2 atom stereocenters. The third-order valence-electron chi connectivity index (χ3n) is 3.94. The van der Waals surface area contributed by atoms with Crippen molar-refractivity contribution >= 4 is 23.2 Å². The van der Waals surface area contributed by atoms with Crippen LogP contribution in [0.1, 0.15) is 54.2 Å². The number of aryl methyl sites for hydroxylation is 1. The summed E-state index contributed by atoms with van der Waals surface area (Å²) < 4.78 is 0. The summed E-state index contributed by atoms with van der Waals surface area (Å²) >= 11 is 1.50. The second kappa shape index (κ2) is 5.79. The SMILES string of the molecule is CC1CCc2sc(C(=O)N[C@@H](C(=O)O)C(C)(C)C)cc2C1. The summed E-state index contributed by atoms with van der Waals surface area (Å²) in [5, 5.41) is 12.0. The number of carboxylic acids is 1. The lowest BCUT2D eigenvalue weighted by Crippen LogP contribution is -2.48. The Morgan fingerprint density at radius 1 is 1.43 bits per heavy atom. The fraction of sp³-hybridized carbons (Fsp3) is 0.625. The first-order chi connectivity index (χ1) is 9.68. The van der Waals surface area contributed by atoms with Crippen molar-refractivity contribution < 1.29 is 14.7 Å². The number of carboxylic acid groups (broad SMARTS) is 1. The van der Waals surface area contributed by atoms with E-state index in [4.69, 9.17) is 0 Å². The minimum Gasteiger partial charge on any atom is -0.480 e. The van der Waals surface area contributed by atoms with Gasteiger partial charge in [-0.3, -0.25) is 4.79 Å². The van der Waals surface area contributed by atoms with E-state index in [2.05, 4.69) is 12.2 Å². The van der Waals surface area contributed by atoms with E-state index in [1.54, 1.807) is 0 Å². The summed E-state index contributed by atoms with van der Waals surface area (Å²) in [5.41, 5.74) is 0.735. The Hall–Kier alpha value is -1.36. The average Bonchev–Trinajstić information content (AvgIpc) is 2.76. The Bertz CT molecular complexity index is 556. The maximum atomic E-state index is 12.3.